The van der Waals surface area contributed by atoms with Crippen molar-refractivity contribution in [2.24, 2.45) is 5.73 Å². The molecule has 2 N–H and O–H groups in total. The van der Waals surface area contributed by atoms with Crippen LogP contribution in [0.4, 0.5) is 0 Å². The molecule has 1 heterocycles. The second-order valence-corrected chi connectivity index (χ2v) is 3.12. The van der Waals surface area contributed by atoms with Gasteiger partial charge in [0.1, 0.15) is 6.54 Å². The number of hydrogen-bond acceptors (Lipinski definition) is 3. The van der Waals surface area contributed by atoms with Crippen molar-refractivity contribution in [2.45, 2.75) is 20.0 Å². The molecule has 0 bridgehead atoms. The number of likely N-dealkylation sites (N-methyl/N-ethyl adjacent to an activating group) is 1. The molecule has 1 amide bonds. The van der Waals surface area contributed by atoms with Crippen LogP contribution in [0.1, 0.15) is 12.6 Å². The first-order chi connectivity index (χ1) is 6.69. The maximum absolute atomic E-state index is 11.5. The van der Waals surface area contributed by atoms with Gasteiger partial charge in [0.25, 0.3) is 0 Å². The molecule has 1 rings (SSSR count). The highest BCUT2D eigenvalue weighted by Gasteiger charge is 2.09. The van der Waals surface area contributed by atoms with E-state index in [1.54, 1.807) is 29.0 Å². The molecule has 5 heteroatoms. The Hall–Kier alpha value is -1.36. The van der Waals surface area contributed by atoms with Gasteiger partial charge in [-0.2, -0.15) is 0 Å². The van der Waals surface area contributed by atoms with E-state index in [1.807, 2.05) is 6.92 Å². The maximum Gasteiger partial charge on any atom is 0.242 e. The number of carbonyl (C=O) groups excluding carboxylic acids is 1. The first-order valence-corrected chi connectivity index (χ1v) is 4.62. The highest BCUT2D eigenvalue weighted by atomic mass is 16.2. The van der Waals surface area contributed by atoms with Gasteiger partial charge >= 0.3 is 0 Å². The zero-order valence-electron chi connectivity index (χ0n) is 8.60. The van der Waals surface area contributed by atoms with Crippen molar-refractivity contribution in [3.63, 3.8) is 0 Å². The number of carbonyl (C=O) groups is 1. The topological polar surface area (TPSA) is 64.2 Å². The lowest BCUT2D eigenvalue weighted by Gasteiger charge is -2.15. The van der Waals surface area contributed by atoms with Crippen molar-refractivity contribution < 1.29 is 4.79 Å². The largest absolute Gasteiger partial charge is 0.344 e. The fourth-order valence-electron chi connectivity index (χ4n) is 1.10. The van der Waals surface area contributed by atoms with Crippen LogP contribution in [-0.2, 0) is 17.9 Å². The molecule has 14 heavy (non-hydrogen) atoms. The van der Waals surface area contributed by atoms with E-state index in [9.17, 15) is 4.79 Å². The number of amides is 1. The lowest BCUT2D eigenvalue weighted by molar-refractivity contribution is -0.130. The minimum absolute atomic E-state index is 0.0696. The molecule has 0 saturated carbocycles. The molecule has 0 aliphatic carbocycles. The smallest absolute Gasteiger partial charge is 0.242 e. The van der Waals surface area contributed by atoms with Crippen molar-refractivity contribution in [1.82, 2.24) is 14.5 Å². The van der Waals surface area contributed by atoms with Crippen molar-refractivity contribution in [1.29, 1.82) is 0 Å². The van der Waals surface area contributed by atoms with E-state index in [4.69, 9.17) is 5.73 Å². The molecule has 1 aromatic rings. The quantitative estimate of drug-likeness (QED) is 0.726. The summed E-state index contributed by atoms with van der Waals surface area (Å²) >= 11 is 0. The Bertz CT molecular complexity index is 308. The molecule has 0 aromatic carbocycles. The fourth-order valence-corrected chi connectivity index (χ4v) is 1.10. The zero-order valence-corrected chi connectivity index (χ0v) is 8.60. The van der Waals surface area contributed by atoms with Crippen LogP contribution in [-0.4, -0.2) is 34.0 Å². The average molecular weight is 196 g/mol. The summed E-state index contributed by atoms with van der Waals surface area (Å²) in [4.78, 5) is 17.2. The van der Waals surface area contributed by atoms with Crippen LogP contribution >= 0.6 is 0 Å². The Balaban J connectivity index is 2.64. The molecule has 0 radical (unpaired) electrons. The van der Waals surface area contributed by atoms with Gasteiger partial charge in [-0.25, -0.2) is 4.98 Å². The summed E-state index contributed by atoms with van der Waals surface area (Å²) in [5.74, 6) is 0.0696. The Morgan fingerprint density at radius 2 is 2.43 bits per heavy atom. The van der Waals surface area contributed by atoms with Crippen molar-refractivity contribution in [3.8, 4) is 0 Å². The summed E-state index contributed by atoms with van der Waals surface area (Å²) in [6, 6.07) is 0. The van der Waals surface area contributed by atoms with Gasteiger partial charge in [-0.05, 0) is 6.92 Å². The van der Waals surface area contributed by atoms with Crippen LogP contribution < -0.4 is 5.73 Å². The molecule has 0 saturated heterocycles. The molecular weight excluding hydrogens is 180 g/mol. The lowest BCUT2D eigenvalue weighted by atomic mass is 10.4. The molecule has 0 aliphatic rings. The predicted octanol–water partition coefficient (Wildman–Crippen LogP) is -0.180. The highest BCUT2D eigenvalue weighted by molar-refractivity contribution is 5.75. The van der Waals surface area contributed by atoms with Crippen molar-refractivity contribution in [2.75, 3.05) is 13.6 Å². The van der Waals surface area contributed by atoms with E-state index in [1.165, 1.54) is 0 Å². The Morgan fingerprint density at radius 3 is 3.00 bits per heavy atom. The van der Waals surface area contributed by atoms with Crippen molar-refractivity contribution >= 4 is 5.91 Å². The third-order valence-electron chi connectivity index (χ3n) is 2.21. The summed E-state index contributed by atoms with van der Waals surface area (Å²) in [5, 5.41) is 0. The van der Waals surface area contributed by atoms with Crippen LogP contribution in [0.5, 0.6) is 0 Å². The van der Waals surface area contributed by atoms with Gasteiger partial charge in [-0.15, -0.1) is 0 Å². The van der Waals surface area contributed by atoms with Gasteiger partial charge in [0.2, 0.25) is 5.91 Å². The molecule has 0 unspecified atom stereocenters. The standard InChI is InChI=1S/C9H16N4O/c1-3-12(2)9(14)6-13-7-11-5-8(13)4-10/h5,7H,3-4,6,10H2,1-2H3. The molecule has 5 nitrogen and oxygen atoms in total. The second kappa shape index (κ2) is 4.76. The van der Waals surface area contributed by atoms with Crippen LogP contribution in [0.25, 0.3) is 0 Å². The summed E-state index contributed by atoms with van der Waals surface area (Å²) in [6.07, 6.45) is 3.31. The van der Waals surface area contributed by atoms with E-state index in [0.717, 1.165) is 5.69 Å². The summed E-state index contributed by atoms with van der Waals surface area (Å²) in [6.45, 7) is 3.38. The molecule has 78 valence electrons. The van der Waals surface area contributed by atoms with Crippen LogP contribution in [0.3, 0.4) is 0 Å². The van der Waals surface area contributed by atoms with Gasteiger partial charge < -0.3 is 15.2 Å². The fraction of sp³-hybridized carbons (Fsp3) is 0.556. The number of nitrogens with zero attached hydrogens (tertiary/aromatic N) is 3. The van der Waals surface area contributed by atoms with Gasteiger partial charge in [0, 0.05) is 26.3 Å². The first-order valence-electron chi connectivity index (χ1n) is 4.62. The van der Waals surface area contributed by atoms with Gasteiger partial charge in [-0.3, -0.25) is 4.79 Å². The number of aromatic nitrogens is 2. The Labute approximate surface area is 83.5 Å². The SMILES string of the molecule is CCN(C)C(=O)Cn1cncc1CN. The van der Waals surface area contributed by atoms with Gasteiger partial charge in [0.15, 0.2) is 0 Å². The van der Waals surface area contributed by atoms with Gasteiger partial charge in [0.05, 0.1) is 12.0 Å². The molecular formula is C9H16N4O. The Kier molecular flexibility index (Phi) is 3.64. The van der Waals surface area contributed by atoms with E-state index >= 15 is 0 Å². The number of hydrogen-bond donors (Lipinski definition) is 1. The van der Waals surface area contributed by atoms with E-state index in [2.05, 4.69) is 4.98 Å². The molecule has 0 fully saturated rings. The van der Waals surface area contributed by atoms with Crippen LogP contribution in [0.2, 0.25) is 0 Å². The van der Waals surface area contributed by atoms with Crippen LogP contribution in [0, 0.1) is 0 Å². The third-order valence-corrected chi connectivity index (χ3v) is 2.21. The van der Waals surface area contributed by atoms with Crippen molar-refractivity contribution in [3.05, 3.63) is 18.2 Å². The normalized spacial score (nSPS) is 10.2. The number of nitrogens with two attached hydrogens (primary N) is 1. The summed E-state index contributed by atoms with van der Waals surface area (Å²) < 4.78 is 1.77. The van der Waals surface area contributed by atoms with Crippen LogP contribution in [0.15, 0.2) is 12.5 Å². The first kappa shape index (κ1) is 10.7. The average Bonchev–Trinajstić information content (AvgIpc) is 2.63. The summed E-state index contributed by atoms with van der Waals surface area (Å²) in [5.41, 5.74) is 6.37. The van der Waals surface area contributed by atoms with E-state index < -0.39 is 0 Å². The Morgan fingerprint density at radius 1 is 1.71 bits per heavy atom. The molecule has 1 aromatic heterocycles. The number of rotatable bonds is 4. The van der Waals surface area contributed by atoms with E-state index in [-0.39, 0.29) is 5.91 Å². The minimum atomic E-state index is 0.0696. The second-order valence-electron chi connectivity index (χ2n) is 3.12. The zero-order chi connectivity index (χ0) is 10.6. The third kappa shape index (κ3) is 2.32. The predicted molar refractivity (Wildman–Crippen MR) is 53.4 cm³/mol. The minimum Gasteiger partial charge on any atom is -0.344 e. The molecule has 0 spiro atoms. The summed E-state index contributed by atoms with van der Waals surface area (Å²) in [7, 11) is 1.78. The lowest BCUT2D eigenvalue weighted by Crippen LogP contribution is -2.30. The van der Waals surface area contributed by atoms with Gasteiger partial charge in [-0.1, -0.05) is 0 Å². The highest BCUT2D eigenvalue weighted by Crippen LogP contribution is 1.99. The maximum atomic E-state index is 11.5. The monoisotopic (exact) mass is 196 g/mol. The number of imidazole rings is 1. The molecule has 0 atom stereocenters. The van der Waals surface area contributed by atoms with E-state index in [0.29, 0.717) is 19.6 Å². The molecule has 0 aliphatic heterocycles.